The summed E-state index contributed by atoms with van der Waals surface area (Å²) in [5.74, 6) is 1.05. The molecule has 0 aromatic rings. The fourth-order valence-electron chi connectivity index (χ4n) is 2.37. The van der Waals surface area contributed by atoms with Gasteiger partial charge in [-0.2, -0.15) is 0 Å². The van der Waals surface area contributed by atoms with Gasteiger partial charge in [-0.1, -0.05) is 39.5 Å². The van der Waals surface area contributed by atoms with Crippen molar-refractivity contribution in [1.29, 1.82) is 0 Å². The van der Waals surface area contributed by atoms with Crippen molar-refractivity contribution >= 4 is 0 Å². The molecule has 0 aromatic heterocycles. The highest BCUT2D eigenvalue weighted by atomic mass is 15.1. The molecule has 0 N–H and O–H groups in total. The van der Waals surface area contributed by atoms with Crippen LogP contribution in [0.4, 0.5) is 0 Å². The van der Waals surface area contributed by atoms with Crippen LogP contribution in [0.1, 0.15) is 58.8 Å². The molecule has 1 nitrogen and oxygen atoms in total. The maximum Gasteiger partial charge on any atom is -0.00161 e. The van der Waals surface area contributed by atoms with Gasteiger partial charge in [0, 0.05) is 0 Å². The standard InChI is InChI=1S/C13H27N/c1-3-5-7-13-8-11-14(12-9-13)10-6-4-2/h13H,3-12H2,1-2H3. The summed E-state index contributed by atoms with van der Waals surface area (Å²) in [7, 11) is 0. The molecule has 0 atom stereocenters. The minimum absolute atomic E-state index is 1.05. The van der Waals surface area contributed by atoms with Crippen LogP contribution in [0.3, 0.4) is 0 Å². The molecule has 14 heavy (non-hydrogen) atoms. The highest BCUT2D eigenvalue weighted by molar-refractivity contribution is 4.71. The molecule has 0 bridgehead atoms. The number of hydrogen-bond acceptors (Lipinski definition) is 1. The molecule has 1 rings (SSSR count). The Kier molecular flexibility index (Phi) is 6.25. The molecule has 0 saturated carbocycles. The van der Waals surface area contributed by atoms with E-state index in [-0.39, 0.29) is 0 Å². The Labute approximate surface area is 89.9 Å². The zero-order valence-corrected chi connectivity index (χ0v) is 10.1. The zero-order chi connectivity index (χ0) is 10.2. The van der Waals surface area contributed by atoms with Crippen LogP contribution in [0.5, 0.6) is 0 Å². The predicted molar refractivity (Wildman–Crippen MR) is 63.6 cm³/mol. The average molecular weight is 197 g/mol. The molecule has 0 spiro atoms. The molecule has 1 heteroatoms. The van der Waals surface area contributed by atoms with E-state index in [0.29, 0.717) is 0 Å². The number of likely N-dealkylation sites (tertiary alicyclic amines) is 1. The number of nitrogens with zero attached hydrogens (tertiary/aromatic N) is 1. The second-order valence-electron chi connectivity index (χ2n) is 4.78. The van der Waals surface area contributed by atoms with Gasteiger partial charge < -0.3 is 4.90 Å². The van der Waals surface area contributed by atoms with Crippen molar-refractivity contribution in [3.63, 3.8) is 0 Å². The van der Waals surface area contributed by atoms with E-state index in [1.807, 2.05) is 0 Å². The highest BCUT2D eigenvalue weighted by Gasteiger charge is 2.17. The van der Waals surface area contributed by atoms with Crippen molar-refractivity contribution in [1.82, 2.24) is 4.90 Å². The van der Waals surface area contributed by atoms with Crippen molar-refractivity contribution in [3.8, 4) is 0 Å². The quantitative estimate of drug-likeness (QED) is 0.628. The maximum absolute atomic E-state index is 2.66. The summed E-state index contributed by atoms with van der Waals surface area (Å²) in [6, 6.07) is 0. The van der Waals surface area contributed by atoms with Crippen LogP contribution in [0.15, 0.2) is 0 Å². The van der Waals surface area contributed by atoms with Gasteiger partial charge in [0.2, 0.25) is 0 Å². The molecule has 1 fully saturated rings. The van der Waals surface area contributed by atoms with Crippen LogP contribution in [-0.2, 0) is 0 Å². The minimum Gasteiger partial charge on any atom is -0.303 e. The van der Waals surface area contributed by atoms with E-state index in [1.54, 1.807) is 0 Å². The van der Waals surface area contributed by atoms with Gasteiger partial charge in [0.25, 0.3) is 0 Å². The van der Waals surface area contributed by atoms with Crippen molar-refractivity contribution in [2.24, 2.45) is 5.92 Å². The van der Waals surface area contributed by atoms with Crippen LogP contribution in [0, 0.1) is 5.92 Å². The third kappa shape index (κ3) is 4.45. The largest absolute Gasteiger partial charge is 0.303 e. The summed E-state index contributed by atoms with van der Waals surface area (Å²) in [4.78, 5) is 2.66. The average Bonchev–Trinajstić information content (AvgIpc) is 2.25. The molecule has 0 amide bonds. The lowest BCUT2D eigenvalue weighted by molar-refractivity contribution is 0.175. The molecule has 0 unspecified atom stereocenters. The summed E-state index contributed by atoms with van der Waals surface area (Å²) in [5, 5.41) is 0. The summed E-state index contributed by atoms with van der Waals surface area (Å²) < 4.78 is 0. The number of hydrogen-bond donors (Lipinski definition) is 0. The van der Waals surface area contributed by atoms with Crippen molar-refractivity contribution in [3.05, 3.63) is 0 Å². The Bertz CT molecular complexity index is 109. The molecule has 84 valence electrons. The summed E-state index contributed by atoms with van der Waals surface area (Å²) >= 11 is 0. The van der Waals surface area contributed by atoms with Gasteiger partial charge in [0.1, 0.15) is 0 Å². The first-order valence-electron chi connectivity index (χ1n) is 6.59. The number of rotatable bonds is 6. The van der Waals surface area contributed by atoms with E-state index >= 15 is 0 Å². The van der Waals surface area contributed by atoms with Crippen molar-refractivity contribution in [2.45, 2.75) is 58.8 Å². The van der Waals surface area contributed by atoms with Gasteiger partial charge in [0.15, 0.2) is 0 Å². The van der Waals surface area contributed by atoms with Gasteiger partial charge in [-0.3, -0.25) is 0 Å². The van der Waals surface area contributed by atoms with Gasteiger partial charge in [-0.05, 0) is 44.8 Å². The first-order valence-corrected chi connectivity index (χ1v) is 6.59. The monoisotopic (exact) mass is 197 g/mol. The molecule has 1 aliphatic heterocycles. The normalized spacial score (nSPS) is 20.1. The van der Waals surface area contributed by atoms with Crippen LogP contribution >= 0.6 is 0 Å². The first-order chi connectivity index (χ1) is 6.86. The maximum atomic E-state index is 2.66. The van der Waals surface area contributed by atoms with E-state index < -0.39 is 0 Å². The van der Waals surface area contributed by atoms with E-state index in [9.17, 15) is 0 Å². The SMILES string of the molecule is CCCCC1CCN(CCCC)CC1. The summed E-state index contributed by atoms with van der Waals surface area (Å²) in [6.07, 6.45) is 9.95. The smallest absolute Gasteiger partial charge is 0.00161 e. The molecule has 0 aromatic carbocycles. The van der Waals surface area contributed by atoms with E-state index in [0.717, 1.165) is 5.92 Å². The van der Waals surface area contributed by atoms with Crippen molar-refractivity contribution in [2.75, 3.05) is 19.6 Å². The molecular formula is C13H27N. The Morgan fingerprint density at radius 1 is 1.00 bits per heavy atom. The van der Waals surface area contributed by atoms with E-state index in [1.165, 1.54) is 64.6 Å². The topological polar surface area (TPSA) is 3.24 Å². The molecular weight excluding hydrogens is 170 g/mol. The Morgan fingerprint density at radius 2 is 1.64 bits per heavy atom. The van der Waals surface area contributed by atoms with Crippen LogP contribution in [0.2, 0.25) is 0 Å². The van der Waals surface area contributed by atoms with E-state index in [2.05, 4.69) is 18.7 Å². The fraction of sp³-hybridized carbons (Fsp3) is 1.00. The third-order valence-corrected chi connectivity index (χ3v) is 3.50. The molecule has 0 radical (unpaired) electrons. The summed E-state index contributed by atoms with van der Waals surface area (Å²) in [5.41, 5.74) is 0. The van der Waals surface area contributed by atoms with Crippen LogP contribution in [0.25, 0.3) is 0 Å². The third-order valence-electron chi connectivity index (χ3n) is 3.50. The van der Waals surface area contributed by atoms with Gasteiger partial charge in [-0.25, -0.2) is 0 Å². The van der Waals surface area contributed by atoms with E-state index in [4.69, 9.17) is 0 Å². The Morgan fingerprint density at radius 3 is 2.21 bits per heavy atom. The number of piperidine rings is 1. The number of unbranched alkanes of at least 4 members (excludes halogenated alkanes) is 2. The van der Waals surface area contributed by atoms with Crippen LogP contribution in [-0.4, -0.2) is 24.5 Å². The molecule has 1 heterocycles. The first kappa shape index (κ1) is 12.0. The molecule has 1 saturated heterocycles. The lowest BCUT2D eigenvalue weighted by Crippen LogP contribution is -2.34. The molecule has 1 aliphatic rings. The second-order valence-corrected chi connectivity index (χ2v) is 4.78. The Balaban J connectivity index is 2.05. The molecule has 0 aliphatic carbocycles. The van der Waals surface area contributed by atoms with Crippen molar-refractivity contribution < 1.29 is 0 Å². The van der Waals surface area contributed by atoms with Gasteiger partial charge in [0.05, 0.1) is 0 Å². The van der Waals surface area contributed by atoms with Gasteiger partial charge >= 0.3 is 0 Å². The Hall–Kier alpha value is -0.0400. The minimum atomic E-state index is 1.05. The highest BCUT2D eigenvalue weighted by Crippen LogP contribution is 2.22. The summed E-state index contributed by atoms with van der Waals surface area (Å²) in [6.45, 7) is 8.67. The zero-order valence-electron chi connectivity index (χ0n) is 10.1. The predicted octanol–water partition coefficient (Wildman–Crippen LogP) is 3.69. The van der Waals surface area contributed by atoms with Crippen LogP contribution < -0.4 is 0 Å². The lowest BCUT2D eigenvalue weighted by atomic mass is 9.91. The fourth-order valence-corrected chi connectivity index (χ4v) is 2.37. The second kappa shape index (κ2) is 7.28. The lowest BCUT2D eigenvalue weighted by Gasteiger charge is -2.31. The van der Waals surface area contributed by atoms with Gasteiger partial charge in [-0.15, -0.1) is 0 Å².